The minimum Gasteiger partial charge on any atom is -0.497 e. The maximum atomic E-state index is 11.7. The van der Waals surface area contributed by atoms with Crippen molar-refractivity contribution in [1.82, 2.24) is 14.9 Å². The van der Waals surface area contributed by atoms with Crippen LogP contribution in [0.25, 0.3) is 0 Å². The Morgan fingerprint density at radius 3 is 2.48 bits per heavy atom. The fourth-order valence-electron chi connectivity index (χ4n) is 3.10. The molecule has 0 aliphatic carbocycles. The molecule has 1 aromatic carbocycles. The van der Waals surface area contributed by atoms with Gasteiger partial charge in [0.15, 0.2) is 0 Å². The normalized spacial score (nSPS) is 14.8. The molecule has 9 nitrogen and oxygen atoms in total. The quantitative estimate of drug-likeness (QED) is 0.583. The van der Waals surface area contributed by atoms with Gasteiger partial charge < -0.3 is 19.9 Å². The third kappa shape index (κ3) is 4.43. The van der Waals surface area contributed by atoms with E-state index in [1.165, 1.54) is 6.33 Å². The van der Waals surface area contributed by atoms with Gasteiger partial charge in [-0.2, -0.15) is 0 Å². The van der Waals surface area contributed by atoms with E-state index in [1.807, 2.05) is 29.2 Å². The zero-order valence-electron chi connectivity index (χ0n) is 15.6. The highest BCUT2D eigenvalue weighted by Gasteiger charge is 2.28. The van der Waals surface area contributed by atoms with E-state index >= 15 is 0 Å². The van der Waals surface area contributed by atoms with Crippen molar-refractivity contribution in [3.8, 4) is 5.75 Å². The highest BCUT2D eigenvalue weighted by Crippen LogP contribution is 2.32. The second kappa shape index (κ2) is 8.63. The highest BCUT2D eigenvalue weighted by atomic mass is 16.6. The van der Waals surface area contributed by atoms with Gasteiger partial charge in [-0.15, -0.1) is 0 Å². The maximum Gasteiger partial charge on any atom is 0.353 e. The summed E-state index contributed by atoms with van der Waals surface area (Å²) in [6, 6.07) is 7.52. The number of anilines is 2. The molecular weight excluding hydrogens is 348 g/mol. The molecule has 27 heavy (non-hydrogen) atoms. The minimum absolute atomic E-state index is 0.0732. The fraction of sp³-hybridized carbons (Fsp3) is 0.444. The molecule has 1 aliphatic heterocycles. The molecule has 0 saturated carbocycles. The summed E-state index contributed by atoms with van der Waals surface area (Å²) < 4.78 is 5.14. The molecule has 0 bridgehead atoms. The number of benzene rings is 1. The van der Waals surface area contributed by atoms with Crippen LogP contribution in [0.4, 0.5) is 17.3 Å². The molecule has 0 radical (unpaired) electrons. The monoisotopic (exact) mass is 372 g/mol. The predicted octanol–water partition coefficient (Wildman–Crippen LogP) is 2.15. The number of nitro groups is 1. The lowest BCUT2D eigenvalue weighted by Crippen LogP contribution is -2.46. The van der Waals surface area contributed by atoms with Crippen LogP contribution in [-0.2, 0) is 6.54 Å². The average Bonchev–Trinajstić information content (AvgIpc) is 2.72. The van der Waals surface area contributed by atoms with Crippen LogP contribution in [-0.4, -0.2) is 59.6 Å². The van der Waals surface area contributed by atoms with Crippen LogP contribution in [0.2, 0.25) is 0 Å². The summed E-state index contributed by atoms with van der Waals surface area (Å²) in [5.74, 6) is 1.38. The van der Waals surface area contributed by atoms with Crippen LogP contribution in [0.15, 0.2) is 30.6 Å². The lowest BCUT2D eigenvalue weighted by atomic mass is 10.2. The number of methoxy groups -OCH3 is 1. The average molecular weight is 372 g/mol. The van der Waals surface area contributed by atoms with Gasteiger partial charge in [0.05, 0.1) is 12.0 Å². The van der Waals surface area contributed by atoms with Gasteiger partial charge >= 0.3 is 5.69 Å². The van der Waals surface area contributed by atoms with E-state index in [-0.39, 0.29) is 11.5 Å². The van der Waals surface area contributed by atoms with Crippen molar-refractivity contribution < 1.29 is 9.66 Å². The Labute approximate surface area is 158 Å². The Morgan fingerprint density at radius 1 is 1.19 bits per heavy atom. The first kappa shape index (κ1) is 18.8. The second-order valence-electron chi connectivity index (χ2n) is 6.27. The number of nitrogens with one attached hydrogen (secondary N) is 1. The van der Waals surface area contributed by atoms with Gasteiger partial charge in [-0.1, -0.05) is 19.1 Å². The molecule has 2 heterocycles. The predicted molar refractivity (Wildman–Crippen MR) is 103 cm³/mol. The first-order valence-electron chi connectivity index (χ1n) is 8.96. The van der Waals surface area contributed by atoms with Crippen LogP contribution in [0.1, 0.15) is 12.5 Å². The Balaban J connectivity index is 1.77. The zero-order valence-corrected chi connectivity index (χ0v) is 15.6. The van der Waals surface area contributed by atoms with Crippen LogP contribution in [0.5, 0.6) is 5.75 Å². The number of likely N-dealkylation sites (N-methyl/N-ethyl adjacent to an activating group) is 1. The lowest BCUT2D eigenvalue weighted by molar-refractivity contribution is -0.383. The molecule has 1 saturated heterocycles. The number of hydrogen-bond acceptors (Lipinski definition) is 8. The van der Waals surface area contributed by atoms with Gasteiger partial charge in [0.1, 0.15) is 12.1 Å². The molecule has 1 fully saturated rings. The topological polar surface area (TPSA) is 96.7 Å². The summed E-state index contributed by atoms with van der Waals surface area (Å²) in [5.41, 5.74) is 0.901. The highest BCUT2D eigenvalue weighted by molar-refractivity contribution is 5.70. The number of aromatic nitrogens is 2. The third-order valence-corrected chi connectivity index (χ3v) is 4.72. The van der Waals surface area contributed by atoms with Crippen LogP contribution < -0.4 is 15.0 Å². The second-order valence-corrected chi connectivity index (χ2v) is 6.27. The van der Waals surface area contributed by atoms with Crippen molar-refractivity contribution >= 4 is 17.3 Å². The molecule has 1 N–H and O–H groups in total. The van der Waals surface area contributed by atoms with E-state index in [0.29, 0.717) is 25.5 Å². The van der Waals surface area contributed by atoms with Gasteiger partial charge in [0.2, 0.25) is 11.6 Å². The van der Waals surface area contributed by atoms with Crippen molar-refractivity contribution in [3.63, 3.8) is 0 Å². The molecule has 1 aromatic heterocycles. The van der Waals surface area contributed by atoms with Crippen LogP contribution >= 0.6 is 0 Å². The molecular formula is C18H24N6O3. The van der Waals surface area contributed by atoms with E-state index in [2.05, 4.69) is 27.1 Å². The Bertz CT molecular complexity index is 775. The molecule has 2 aromatic rings. The van der Waals surface area contributed by atoms with Gasteiger partial charge in [-0.25, -0.2) is 9.97 Å². The molecule has 0 atom stereocenters. The third-order valence-electron chi connectivity index (χ3n) is 4.72. The molecule has 144 valence electrons. The maximum absolute atomic E-state index is 11.7. The van der Waals surface area contributed by atoms with E-state index in [0.717, 1.165) is 30.9 Å². The Kier molecular flexibility index (Phi) is 6.02. The van der Waals surface area contributed by atoms with Gasteiger partial charge in [-0.05, 0) is 24.2 Å². The van der Waals surface area contributed by atoms with Gasteiger partial charge in [0, 0.05) is 32.7 Å². The summed E-state index contributed by atoms with van der Waals surface area (Å²) in [4.78, 5) is 23.9. The molecule has 3 rings (SSSR count). The number of hydrogen-bond donors (Lipinski definition) is 1. The zero-order chi connectivity index (χ0) is 19.2. The number of piperazine rings is 1. The van der Waals surface area contributed by atoms with Crippen molar-refractivity contribution in [3.05, 3.63) is 46.3 Å². The van der Waals surface area contributed by atoms with Crippen molar-refractivity contribution in [2.45, 2.75) is 13.5 Å². The summed E-state index contributed by atoms with van der Waals surface area (Å²) in [6.07, 6.45) is 1.38. The van der Waals surface area contributed by atoms with E-state index in [4.69, 9.17) is 4.74 Å². The summed E-state index contributed by atoms with van der Waals surface area (Å²) in [7, 11) is 1.61. The lowest BCUT2D eigenvalue weighted by Gasteiger charge is -2.34. The van der Waals surface area contributed by atoms with Crippen molar-refractivity contribution in [2.75, 3.05) is 50.1 Å². The first-order valence-corrected chi connectivity index (χ1v) is 8.96. The number of ether oxygens (including phenoxy) is 1. The summed E-state index contributed by atoms with van der Waals surface area (Å²) in [6.45, 7) is 6.68. The molecule has 9 heteroatoms. The smallest absolute Gasteiger partial charge is 0.353 e. The fourth-order valence-corrected chi connectivity index (χ4v) is 3.10. The van der Waals surface area contributed by atoms with E-state index < -0.39 is 4.92 Å². The van der Waals surface area contributed by atoms with Crippen LogP contribution in [0, 0.1) is 10.1 Å². The number of rotatable bonds is 7. The minimum atomic E-state index is -0.405. The molecule has 0 amide bonds. The van der Waals surface area contributed by atoms with E-state index in [1.54, 1.807) is 7.11 Å². The summed E-state index contributed by atoms with van der Waals surface area (Å²) in [5, 5.41) is 14.8. The van der Waals surface area contributed by atoms with Gasteiger partial charge in [0.25, 0.3) is 0 Å². The SMILES string of the molecule is CCN1CCN(c2ncnc(NCc3ccc(OC)cc3)c2[N+](=O)[O-])CC1. The Hall–Kier alpha value is -2.94. The molecule has 1 aliphatic rings. The van der Waals surface area contributed by atoms with Crippen LogP contribution in [0.3, 0.4) is 0 Å². The van der Waals surface area contributed by atoms with E-state index in [9.17, 15) is 10.1 Å². The molecule has 0 unspecified atom stereocenters. The van der Waals surface area contributed by atoms with Crippen molar-refractivity contribution in [1.29, 1.82) is 0 Å². The first-order chi connectivity index (χ1) is 13.1. The number of nitrogens with zero attached hydrogens (tertiary/aromatic N) is 5. The van der Waals surface area contributed by atoms with Crippen molar-refractivity contribution in [2.24, 2.45) is 0 Å². The van der Waals surface area contributed by atoms with Gasteiger partial charge in [-0.3, -0.25) is 10.1 Å². The largest absolute Gasteiger partial charge is 0.497 e. The standard InChI is InChI=1S/C18H24N6O3/c1-3-22-8-10-23(11-9-22)18-16(24(25)26)17(20-13-21-18)19-12-14-4-6-15(27-2)7-5-14/h4-7,13H,3,8-12H2,1-2H3,(H,19,20,21). The Morgan fingerprint density at radius 2 is 1.89 bits per heavy atom. The molecule has 0 spiro atoms. The summed E-state index contributed by atoms with van der Waals surface area (Å²) >= 11 is 0.